The summed E-state index contributed by atoms with van der Waals surface area (Å²) in [5.41, 5.74) is 0. The van der Waals surface area contributed by atoms with Crippen LogP contribution < -0.4 is 5.32 Å². The number of halogens is 1. The fraction of sp³-hybridized carbons (Fsp3) is 0.889. The van der Waals surface area contributed by atoms with Crippen LogP contribution in [0.3, 0.4) is 0 Å². The van der Waals surface area contributed by atoms with E-state index in [2.05, 4.69) is 15.2 Å². The number of hydrogen-bond acceptors (Lipinski definition) is 4. The van der Waals surface area contributed by atoms with Gasteiger partial charge in [-0.3, -0.25) is 9.79 Å². The van der Waals surface area contributed by atoms with E-state index in [0.29, 0.717) is 0 Å². The standard InChI is InChI=1S/C18H32N4O3.HI/c1-19-18(20-7-3-12-24-14-15-5-6-15)22-10-8-21(9-11-22)17(23)16-4-2-13-25-16;/h15-16H,2-14H2,1H3,(H,19,20);1H. The highest BCUT2D eigenvalue weighted by atomic mass is 127. The summed E-state index contributed by atoms with van der Waals surface area (Å²) in [6, 6.07) is 0. The number of guanidine groups is 1. The van der Waals surface area contributed by atoms with E-state index in [4.69, 9.17) is 9.47 Å². The van der Waals surface area contributed by atoms with Crippen molar-refractivity contribution in [2.24, 2.45) is 10.9 Å². The Morgan fingerprint density at radius 2 is 1.92 bits per heavy atom. The summed E-state index contributed by atoms with van der Waals surface area (Å²) < 4.78 is 11.2. The Bertz CT molecular complexity index is 459. The molecule has 0 spiro atoms. The molecule has 1 aliphatic carbocycles. The number of nitrogens with one attached hydrogen (secondary N) is 1. The third-order valence-corrected chi connectivity index (χ3v) is 5.11. The van der Waals surface area contributed by atoms with Gasteiger partial charge in [-0.2, -0.15) is 0 Å². The summed E-state index contributed by atoms with van der Waals surface area (Å²) in [5, 5.41) is 3.41. The lowest BCUT2D eigenvalue weighted by Crippen LogP contribution is -2.55. The minimum Gasteiger partial charge on any atom is -0.381 e. The van der Waals surface area contributed by atoms with Gasteiger partial charge in [0, 0.05) is 59.6 Å². The van der Waals surface area contributed by atoms with Crippen molar-refractivity contribution in [3.8, 4) is 0 Å². The smallest absolute Gasteiger partial charge is 0.251 e. The van der Waals surface area contributed by atoms with Crippen LogP contribution in [0, 0.1) is 5.92 Å². The summed E-state index contributed by atoms with van der Waals surface area (Å²) >= 11 is 0. The predicted molar refractivity (Wildman–Crippen MR) is 112 cm³/mol. The van der Waals surface area contributed by atoms with Gasteiger partial charge in [-0.1, -0.05) is 0 Å². The molecule has 8 heteroatoms. The van der Waals surface area contributed by atoms with Crippen LogP contribution in [0.4, 0.5) is 0 Å². The molecule has 1 amide bonds. The van der Waals surface area contributed by atoms with E-state index in [1.807, 2.05) is 11.9 Å². The second-order valence-electron chi connectivity index (χ2n) is 7.16. The molecule has 3 rings (SSSR count). The van der Waals surface area contributed by atoms with Gasteiger partial charge in [0.05, 0.1) is 0 Å². The molecule has 3 fully saturated rings. The van der Waals surface area contributed by atoms with Crippen molar-refractivity contribution in [1.29, 1.82) is 0 Å². The maximum absolute atomic E-state index is 12.4. The van der Waals surface area contributed by atoms with Gasteiger partial charge in [0.1, 0.15) is 6.10 Å². The maximum atomic E-state index is 12.4. The average Bonchev–Trinajstić information content (AvgIpc) is 3.31. The van der Waals surface area contributed by atoms with Gasteiger partial charge >= 0.3 is 0 Å². The summed E-state index contributed by atoms with van der Waals surface area (Å²) in [6.45, 7) is 6.43. The number of carbonyl (C=O) groups is 1. The van der Waals surface area contributed by atoms with Crippen molar-refractivity contribution >= 4 is 35.8 Å². The van der Waals surface area contributed by atoms with E-state index in [-0.39, 0.29) is 36.0 Å². The van der Waals surface area contributed by atoms with Crippen molar-refractivity contribution in [3.05, 3.63) is 0 Å². The Morgan fingerprint density at radius 3 is 2.54 bits per heavy atom. The van der Waals surface area contributed by atoms with E-state index in [9.17, 15) is 4.79 Å². The van der Waals surface area contributed by atoms with Crippen LogP contribution in [0.15, 0.2) is 4.99 Å². The van der Waals surface area contributed by atoms with Crippen LogP contribution in [0.5, 0.6) is 0 Å². The molecule has 1 atom stereocenters. The number of nitrogens with zero attached hydrogens (tertiary/aromatic N) is 3. The quantitative estimate of drug-likeness (QED) is 0.258. The molecule has 0 bridgehead atoms. The first-order valence-corrected chi connectivity index (χ1v) is 9.71. The Morgan fingerprint density at radius 1 is 1.19 bits per heavy atom. The number of amides is 1. The molecule has 1 unspecified atom stereocenters. The molecule has 2 aliphatic heterocycles. The largest absolute Gasteiger partial charge is 0.381 e. The molecule has 3 aliphatic rings. The highest BCUT2D eigenvalue weighted by Crippen LogP contribution is 2.28. The maximum Gasteiger partial charge on any atom is 0.251 e. The molecule has 0 aromatic carbocycles. The zero-order chi connectivity index (χ0) is 17.5. The van der Waals surface area contributed by atoms with Gasteiger partial charge in [0.15, 0.2) is 5.96 Å². The Hall–Kier alpha value is -0.610. The molecular formula is C18H33IN4O3. The van der Waals surface area contributed by atoms with Crippen LogP contribution in [-0.4, -0.2) is 87.4 Å². The van der Waals surface area contributed by atoms with E-state index in [1.165, 1.54) is 12.8 Å². The lowest BCUT2D eigenvalue weighted by atomic mass is 10.2. The van der Waals surface area contributed by atoms with Gasteiger partial charge in [-0.15, -0.1) is 24.0 Å². The summed E-state index contributed by atoms with van der Waals surface area (Å²) in [7, 11) is 1.82. The third-order valence-electron chi connectivity index (χ3n) is 5.11. The Balaban J connectivity index is 0.00000243. The number of ether oxygens (including phenoxy) is 2. The highest BCUT2D eigenvalue weighted by Gasteiger charge is 2.30. The molecular weight excluding hydrogens is 447 g/mol. The first-order chi connectivity index (χ1) is 12.3. The minimum absolute atomic E-state index is 0. The second-order valence-corrected chi connectivity index (χ2v) is 7.16. The van der Waals surface area contributed by atoms with Crippen LogP contribution in [0.1, 0.15) is 32.1 Å². The molecule has 0 aromatic rings. The van der Waals surface area contributed by atoms with Crippen molar-refractivity contribution in [2.75, 3.05) is 59.6 Å². The molecule has 1 saturated carbocycles. The average molecular weight is 480 g/mol. The molecule has 150 valence electrons. The number of rotatable bonds is 7. The highest BCUT2D eigenvalue weighted by molar-refractivity contribution is 14.0. The topological polar surface area (TPSA) is 66.4 Å². The van der Waals surface area contributed by atoms with Gasteiger partial charge in [0.25, 0.3) is 5.91 Å². The lowest BCUT2D eigenvalue weighted by molar-refractivity contribution is -0.142. The molecule has 1 N–H and O–H groups in total. The fourth-order valence-corrected chi connectivity index (χ4v) is 3.36. The monoisotopic (exact) mass is 480 g/mol. The zero-order valence-electron chi connectivity index (χ0n) is 15.8. The van der Waals surface area contributed by atoms with Crippen molar-refractivity contribution in [2.45, 2.75) is 38.2 Å². The van der Waals surface area contributed by atoms with E-state index < -0.39 is 0 Å². The fourth-order valence-electron chi connectivity index (χ4n) is 3.36. The number of piperazine rings is 1. The first kappa shape index (κ1) is 21.7. The third kappa shape index (κ3) is 6.53. The number of hydrogen-bond donors (Lipinski definition) is 1. The predicted octanol–water partition coefficient (Wildman–Crippen LogP) is 1.32. The lowest BCUT2D eigenvalue weighted by Gasteiger charge is -2.37. The number of aliphatic imine (C=N–C) groups is 1. The Labute approximate surface area is 173 Å². The molecule has 0 radical (unpaired) electrons. The SMILES string of the molecule is CN=C(NCCCOCC1CC1)N1CCN(C(=O)C2CCCO2)CC1.I. The second kappa shape index (κ2) is 11.3. The Kier molecular flexibility index (Phi) is 9.41. The van der Waals surface area contributed by atoms with Crippen LogP contribution >= 0.6 is 24.0 Å². The van der Waals surface area contributed by atoms with Gasteiger partial charge in [-0.05, 0) is 38.0 Å². The van der Waals surface area contributed by atoms with Crippen LogP contribution in [0.2, 0.25) is 0 Å². The molecule has 0 aromatic heterocycles. The normalized spacial score (nSPS) is 23.7. The molecule has 7 nitrogen and oxygen atoms in total. The molecule has 26 heavy (non-hydrogen) atoms. The van der Waals surface area contributed by atoms with Crippen molar-refractivity contribution in [1.82, 2.24) is 15.1 Å². The van der Waals surface area contributed by atoms with E-state index in [1.54, 1.807) is 0 Å². The zero-order valence-corrected chi connectivity index (χ0v) is 18.2. The number of carbonyl (C=O) groups excluding carboxylic acids is 1. The van der Waals surface area contributed by atoms with Crippen LogP contribution in [0.25, 0.3) is 0 Å². The minimum atomic E-state index is -0.209. The summed E-state index contributed by atoms with van der Waals surface area (Å²) in [4.78, 5) is 20.9. The van der Waals surface area contributed by atoms with Crippen LogP contribution in [-0.2, 0) is 14.3 Å². The summed E-state index contributed by atoms with van der Waals surface area (Å²) in [5.74, 6) is 1.91. The van der Waals surface area contributed by atoms with Crippen molar-refractivity contribution in [3.63, 3.8) is 0 Å². The van der Waals surface area contributed by atoms with Gasteiger partial charge in [-0.25, -0.2) is 0 Å². The molecule has 2 saturated heterocycles. The summed E-state index contributed by atoms with van der Waals surface area (Å²) in [6.07, 6.45) is 5.32. The first-order valence-electron chi connectivity index (χ1n) is 9.71. The van der Waals surface area contributed by atoms with E-state index in [0.717, 1.165) is 83.7 Å². The van der Waals surface area contributed by atoms with Gasteiger partial charge in [0.2, 0.25) is 0 Å². The molecule has 2 heterocycles. The van der Waals surface area contributed by atoms with Crippen molar-refractivity contribution < 1.29 is 14.3 Å². The van der Waals surface area contributed by atoms with E-state index >= 15 is 0 Å². The van der Waals surface area contributed by atoms with Gasteiger partial charge < -0.3 is 24.6 Å².